The lowest BCUT2D eigenvalue weighted by Crippen LogP contribution is -2.27. The van der Waals surface area contributed by atoms with Crippen LogP contribution in [-0.2, 0) is 24.4 Å². The van der Waals surface area contributed by atoms with Crippen LogP contribution in [-0.4, -0.2) is 53.7 Å². The number of likely N-dealkylation sites (tertiary alicyclic amines) is 1. The zero-order valence-electron chi connectivity index (χ0n) is 19.6. The van der Waals surface area contributed by atoms with Gasteiger partial charge in [-0.25, -0.2) is 4.68 Å². The van der Waals surface area contributed by atoms with E-state index in [1.54, 1.807) is 21.3 Å². The Morgan fingerprint density at radius 2 is 1.88 bits per heavy atom. The van der Waals surface area contributed by atoms with E-state index in [-0.39, 0.29) is 6.04 Å². The van der Waals surface area contributed by atoms with Crippen molar-refractivity contribution >= 4 is 12.2 Å². The predicted molar refractivity (Wildman–Crippen MR) is 130 cm³/mol. The zero-order chi connectivity index (χ0) is 23.2. The van der Waals surface area contributed by atoms with Crippen molar-refractivity contribution in [3.8, 4) is 11.5 Å². The Labute approximate surface area is 200 Å². The Bertz CT molecular complexity index is 1110. The van der Waals surface area contributed by atoms with Crippen molar-refractivity contribution in [2.45, 2.75) is 38.5 Å². The SMILES string of the molecule is COCCn1c(Cc2ccccc2)nn(CN2CCC[C@H]2c2cc(OC)ccc2OC)c1=S. The van der Waals surface area contributed by atoms with Crippen molar-refractivity contribution in [1.29, 1.82) is 0 Å². The van der Waals surface area contributed by atoms with Crippen LogP contribution in [0.5, 0.6) is 11.5 Å². The van der Waals surface area contributed by atoms with Gasteiger partial charge in [-0.1, -0.05) is 30.3 Å². The molecule has 1 aliphatic rings. The molecule has 2 aromatic carbocycles. The van der Waals surface area contributed by atoms with E-state index < -0.39 is 0 Å². The van der Waals surface area contributed by atoms with Gasteiger partial charge in [-0.2, -0.15) is 5.10 Å². The van der Waals surface area contributed by atoms with Gasteiger partial charge in [0.15, 0.2) is 4.77 Å². The van der Waals surface area contributed by atoms with Gasteiger partial charge in [0, 0.05) is 31.7 Å². The Morgan fingerprint density at radius 3 is 2.61 bits per heavy atom. The van der Waals surface area contributed by atoms with Gasteiger partial charge in [-0.05, 0) is 48.8 Å². The first-order valence-corrected chi connectivity index (χ1v) is 11.7. The first kappa shape index (κ1) is 23.5. The van der Waals surface area contributed by atoms with Gasteiger partial charge in [0.25, 0.3) is 0 Å². The van der Waals surface area contributed by atoms with E-state index in [4.69, 9.17) is 31.5 Å². The molecule has 0 N–H and O–H groups in total. The first-order chi connectivity index (χ1) is 16.1. The van der Waals surface area contributed by atoms with E-state index >= 15 is 0 Å². The van der Waals surface area contributed by atoms with Crippen LogP contribution in [0.4, 0.5) is 0 Å². The molecule has 0 bridgehead atoms. The highest BCUT2D eigenvalue weighted by atomic mass is 32.1. The van der Waals surface area contributed by atoms with Crippen molar-refractivity contribution in [2.75, 3.05) is 34.5 Å². The predicted octanol–water partition coefficient (Wildman–Crippen LogP) is 4.46. The molecule has 3 aromatic rings. The molecule has 1 atom stereocenters. The third-order valence-corrected chi connectivity index (χ3v) is 6.63. The van der Waals surface area contributed by atoms with Gasteiger partial charge in [0.05, 0.1) is 34.0 Å². The maximum atomic E-state index is 5.86. The van der Waals surface area contributed by atoms with Crippen LogP contribution in [0.1, 0.15) is 35.8 Å². The molecule has 2 heterocycles. The summed E-state index contributed by atoms with van der Waals surface area (Å²) in [6.45, 7) is 2.89. The highest BCUT2D eigenvalue weighted by Crippen LogP contribution is 2.39. The zero-order valence-corrected chi connectivity index (χ0v) is 20.4. The van der Waals surface area contributed by atoms with Crippen LogP contribution in [0.3, 0.4) is 0 Å². The number of methoxy groups -OCH3 is 3. The van der Waals surface area contributed by atoms with Crippen LogP contribution in [0.2, 0.25) is 0 Å². The Hall–Kier alpha value is -2.68. The fourth-order valence-corrected chi connectivity index (χ4v) is 4.81. The molecule has 1 saturated heterocycles. The quantitative estimate of drug-likeness (QED) is 0.410. The van der Waals surface area contributed by atoms with Crippen LogP contribution < -0.4 is 9.47 Å². The molecule has 0 unspecified atom stereocenters. The molecule has 33 heavy (non-hydrogen) atoms. The van der Waals surface area contributed by atoms with E-state index in [9.17, 15) is 0 Å². The van der Waals surface area contributed by atoms with Crippen LogP contribution in [0, 0.1) is 4.77 Å². The average Bonchev–Trinajstić information content (AvgIpc) is 3.42. The molecule has 0 aliphatic carbocycles. The topological polar surface area (TPSA) is 53.7 Å². The van der Waals surface area contributed by atoms with E-state index in [1.165, 1.54) is 5.56 Å². The second-order valence-electron chi connectivity index (χ2n) is 8.22. The molecule has 1 aromatic heterocycles. The van der Waals surface area contributed by atoms with E-state index in [2.05, 4.69) is 39.8 Å². The summed E-state index contributed by atoms with van der Waals surface area (Å²) in [4.78, 5) is 2.42. The normalized spacial score (nSPS) is 16.3. The molecule has 0 spiro atoms. The number of aromatic nitrogens is 3. The monoisotopic (exact) mass is 468 g/mol. The Kier molecular flexibility index (Phi) is 7.80. The van der Waals surface area contributed by atoms with Crippen molar-refractivity contribution < 1.29 is 14.2 Å². The lowest BCUT2D eigenvalue weighted by molar-refractivity contribution is 0.180. The number of ether oxygens (including phenoxy) is 3. The first-order valence-electron chi connectivity index (χ1n) is 11.3. The second-order valence-corrected chi connectivity index (χ2v) is 8.59. The lowest BCUT2D eigenvalue weighted by atomic mass is 10.0. The molecular formula is C25H32N4O3S. The van der Waals surface area contributed by atoms with E-state index in [0.717, 1.165) is 53.5 Å². The number of hydrogen-bond donors (Lipinski definition) is 0. The van der Waals surface area contributed by atoms with Crippen molar-refractivity contribution in [2.24, 2.45) is 0 Å². The van der Waals surface area contributed by atoms with Gasteiger partial charge < -0.3 is 18.8 Å². The van der Waals surface area contributed by atoms with E-state index in [1.807, 2.05) is 22.9 Å². The van der Waals surface area contributed by atoms with Gasteiger partial charge in [-0.15, -0.1) is 0 Å². The average molecular weight is 469 g/mol. The number of benzene rings is 2. The third kappa shape index (κ3) is 5.29. The second kappa shape index (κ2) is 11.0. The highest BCUT2D eigenvalue weighted by molar-refractivity contribution is 7.71. The molecule has 8 heteroatoms. The largest absolute Gasteiger partial charge is 0.497 e. The van der Waals surface area contributed by atoms with E-state index in [0.29, 0.717) is 19.8 Å². The summed E-state index contributed by atoms with van der Waals surface area (Å²) in [6, 6.07) is 16.6. The molecule has 176 valence electrons. The van der Waals surface area contributed by atoms with Crippen LogP contribution in [0.25, 0.3) is 0 Å². The minimum absolute atomic E-state index is 0.221. The lowest BCUT2D eigenvalue weighted by Gasteiger charge is -2.26. The van der Waals surface area contributed by atoms with Gasteiger partial charge in [0.2, 0.25) is 0 Å². The number of nitrogens with zero attached hydrogens (tertiary/aromatic N) is 4. The van der Waals surface area contributed by atoms with Crippen LogP contribution in [0.15, 0.2) is 48.5 Å². The Morgan fingerprint density at radius 1 is 1.06 bits per heavy atom. The smallest absolute Gasteiger partial charge is 0.199 e. The molecule has 1 aliphatic heterocycles. The summed E-state index contributed by atoms with van der Waals surface area (Å²) < 4.78 is 21.3. The van der Waals surface area contributed by atoms with Crippen LogP contribution >= 0.6 is 12.2 Å². The fraction of sp³-hybridized carbons (Fsp3) is 0.440. The molecule has 1 fully saturated rings. The molecular weight excluding hydrogens is 436 g/mol. The third-order valence-electron chi connectivity index (χ3n) is 6.20. The highest BCUT2D eigenvalue weighted by Gasteiger charge is 2.29. The summed E-state index contributed by atoms with van der Waals surface area (Å²) in [6.07, 6.45) is 2.89. The maximum Gasteiger partial charge on any atom is 0.199 e. The molecule has 0 amide bonds. The van der Waals surface area contributed by atoms with Crippen molar-refractivity contribution in [1.82, 2.24) is 19.2 Å². The Balaban J connectivity index is 1.62. The molecule has 7 nitrogen and oxygen atoms in total. The number of hydrogen-bond acceptors (Lipinski definition) is 6. The summed E-state index contributed by atoms with van der Waals surface area (Å²) >= 11 is 5.86. The van der Waals surface area contributed by atoms with Crippen molar-refractivity contribution in [3.63, 3.8) is 0 Å². The number of rotatable bonds is 10. The van der Waals surface area contributed by atoms with Crippen molar-refractivity contribution in [3.05, 3.63) is 70.3 Å². The minimum atomic E-state index is 0.221. The molecule has 0 radical (unpaired) electrons. The van der Waals surface area contributed by atoms with Gasteiger partial charge in [-0.3, -0.25) is 4.90 Å². The van der Waals surface area contributed by atoms with Gasteiger partial charge >= 0.3 is 0 Å². The standard InChI is InChI=1S/C25H32N4O3S/c1-30-15-14-28-24(16-19-8-5-4-6-9-19)26-29(25(28)33)18-27-13-7-10-22(27)21-17-20(31-2)11-12-23(21)32-3/h4-6,8-9,11-12,17,22H,7,10,13-16,18H2,1-3H3/t22-/m0/s1. The summed E-state index contributed by atoms with van der Waals surface area (Å²) in [5.74, 6) is 2.67. The fourth-order valence-electron chi connectivity index (χ4n) is 4.51. The van der Waals surface area contributed by atoms with Gasteiger partial charge in [0.1, 0.15) is 17.3 Å². The maximum absolute atomic E-state index is 5.86. The summed E-state index contributed by atoms with van der Waals surface area (Å²) in [7, 11) is 5.12. The summed E-state index contributed by atoms with van der Waals surface area (Å²) in [5.41, 5.74) is 2.35. The minimum Gasteiger partial charge on any atom is -0.497 e. The molecule has 0 saturated carbocycles. The summed E-state index contributed by atoms with van der Waals surface area (Å²) in [5, 5.41) is 4.95. The molecule has 4 rings (SSSR count).